The Morgan fingerprint density at radius 1 is 1.35 bits per heavy atom. The van der Waals surface area contributed by atoms with Gasteiger partial charge in [-0.15, -0.1) is 11.3 Å². The van der Waals surface area contributed by atoms with Crippen LogP contribution in [0.3, 0.4) is 0 Å². The smallest absolute Gasteiger partial charge is 0.227 e. The molecular formula is C16H22N4O2S. The van der Waals surface area contributed by atoms with Gasteiger partial charge in [-0.25, -0.2) is 4.98 Å². The number of hydrogen-bond acceptors (Lipinski definition) is 6. The highest BCUT2D eigenvalue weighted by atomic mass is 32.1. The van der Waals surface area contributed by atoms with Gasteiger partial charge in [0.25, 0.3) is 0 Å². The largest absolute Gasteiger partial charge is 0.342 e. The predicted octanol–water partition coefficient (Wildman–Crippen LogP) is 2.79. The lowest BCUT2D eigenvalue weighted by Crippen LogP contribution is -2.39. The predicted molar refractivity (Wildman–Crippen MR) is 87.5 cm³/mol. The van der Waals surface area contributed by atoms with Crippen molar-refractivity contribution in [1.29, 1.82) is 0 Å². The average Bonchev–Trinajstić information content (AvgIpc) is 3.11. The van der Waals surface area contributed by atoms with Crippen LogP contribution in [0.2, 0.25) is 0 Å². The standard InChI is InChI=1S/C16H22N4O2S/c1-10-11(2)23-16(17-10)13-5-4-8-20(9-13)15(21)7-6-14-18-12(3)19-22-14/h13H,4-9H2,1-3H3/t13-/m1/s1. The lowest BCUT2D eigenvalue weighted by Gasteiger charge is -2.31. The van der Waals surface area contributed by atoms with Crippen LogP contribution >= 0.6 is 11.3 Å². The molecule has 0 unspecified atom stereocenters. The van der Waals surface area contributed by atoms with Crippen molar-refractivity contribution in [2.24, 2.45) is 0 Å². The molecule has 0 saturated carbocycles. The third kappa shape index (κ3) is 3.77. The monoisotopic (exact) mass is 334 g/mol. The Bertz CT molecular complexity index is 675. The molecule has 2 aromatic rings. The van der Waals surface area contributed by atoms with Crippen molar-refractivity contribution in [2.45, 2.75) is 52.4 Å². The van der Waals surface area contributed by atoms with Gasteiger partial charge in [0.05, 0.1) is 10.7 Å². The van der Waals surface area contributed by atoms with Crippen molar-refractivity contribution in [1.82, 2.24) is 20.0 Å². The van der Waals surface area contributed by atoms with Crippen molar-refractivity contribution >= 4 is 17.2 Å². The van der Waals surface area contributed by atoms with Crippen molar-refractivity contribution in [3.05, 3.63) is 27.3 Å². The second-order valence-corrected chi connectivity index (χ2v) is 7.34. The highest BCUT2D eigenvalue weighted by Crippen LogP contribution is 2.31. The minimum absolute atomic E-state index is 0.163. The number of piperidine rings is 1. The first-order valence-corrected chi connectivity index (χ1v) is 8.85. The molecule has 2 aromatic heterocycles. The average molecular weight is 334 g/mol. The Hall–Kier alpha value is -1.76. The van der Waals surface area contributed by atoms with Crippen molar-refractivity contribution in [2.75, 3.05) is 13.1 Å². The molecule has 0 aromatic carbocycles. The summed E-state index contributed by atoms with van der Waals surface area (Å²) in [5.41, 5.74) is 1.11. The first kappa shape index (κ1) is 16.1. The molecule has 1 aliphatic heterocycles. The highest BCUT2D eigenvalue weighted by molar-refractivity contribution is 7.11. The molecule has 3 heterocycles. The van der Waals surface area contributed by atoms with E-state index in [2.05, 4.69) is 22.0 Å². The van der Waals surface area contributed by atoms with E-state index in [9.17, 15) is 4.79 Å². The van der Waals surface area contributed by atoms with Crippen LogP contribution in [0.1, 0.15) is 52.5 Å². The maximum absolute atomic E-state index is 12.4. The topological polar surface area (TPSA) is 72.1 Å². The summed E-state index contributed by atoms with van der Waals surface area (Å²) in [6, 6.07) is 0. The van der Waals surface area contributed by atoms with E-state index >= 15 is 0 Å². The van der Waals surface area contributed by atoms with E-state index in [-0.39, 0.29) is 5.91 Å². The second-order valence-electron chi connectivity index (χ2n) is 6.11. The molecule has 3 rings (SSSR count). The number of nitrogens with zero attached hydrogens (tertiary/aromatic N) is 4. The molecule has 0 spiro atoms. The maximum atomic E-state index is 12.4. The number of rotatable bonds is 4. The van der Waals surface area contributed by atoms with Crippen LogP contribution in [0.4, 0.5) is 0 Å². The summed E-state index contributed by atoms with van der Waals surface area (Å²) in [5.74, 6) is 1.68. The van der Waals surface area contributed by atoms with Crippen molar-refractivity contribution in [3.63, 3.8) is 0 Å². The van der Waals surface area contributed by atoms with Crippen LogP contribution in [0.25, 0.3) is 0 Å². The zero-order valence-electron chi connectivity index (χ0n) is 13.8. The van der Waals surface area contributed by atoms with Gasteiger partial charge < -0.3 is 9.42 Å². The number of aromatic nitrogens is 3. The maximum Gasteiger partial charge on any atom is 0.227 e. The number of hydrogen-bond donors (Lipinski definition) is 0. The Morgan fingerprint density at radius 2 is 2.17 bits per heavy atom. The second kappa shape index (κ2) is 6.78. The van der Waals surface area contributed by atoms with E-state index in [1.807, 2.05) is 11.8 Å². The molecule has 0 aliphatic carbocycles. The van der Waals surface area contributed by atoms with Gasteiger partial charge in [0, 0.05) is 36.7 Å². The molecule has 6 nitrogen and oxygen atoms in total. The quantitative estimate of drug-likeness (QED) is 0.860. The fraction of sp³-hybridized carbons (Fsp3) is 0.625. The van der Waals surface area contributed by atoms with Crippen LogP contribution in [-0.2, 0) is 11.2 Å². The molecule has 1 amide bonds. The van der Waals surface area contributed by atoms with Gasteiger partial charge in [-0.05, 0) is 33.6 Å². The number of carbonyl (C=O) groups is 1. The Labute approximate surface area is 139 Å². The van der Waals surface area contributed by atoms with Gasteiger partial charge in [-0.3, -0.25) is 4.79 Å². The van der Waals surface area contributed by atoms with Crippen LogP contribution in [0.15, 0.2) is 4.52 Å². The van der Waals surface area contributed by atoms with Crippen molar-refractivity contribution in [3.8, 4) is 0 Å². The number of likely N-dealkylation sites (tertiary alicyclic amines) is 1. The summed E-state index contributed by atoms with van der Waals surface area (Å²) in [6.07, 6.45) is 3.08. The first-order chi connectivity index (χ1) is 11.0. The highest BCUT2D eigenvalue weighted by Gasteiger charge is 2.27. The van der Waals surface area contributed by atoms with E-state index in [1.54, 1.807) is 18.3 Å². The molecular weight excluding hydrogens is 312 g/mol. The minimum Gasteiger partial charge on any atom is -0.342 e. The van der Waals surface area contributed by atoms with Crippen LogP contribution in [0, 0.1) is 20.8 Å². The Kier molecular flexibility index (Phi) is 4.75. The fourth-order valence-electron chi connectivity index (χ4n) is 2.89. The van der Waals surface area contributed by atoms with E-state index in [0.29, 0.717) is 30.5 Å². The zero-order chi connectivity index (χ0) is 16.4. The molecule has 7 heteroatoms. The lowest BCUT2D eigenvalue weighted by atomic mass is 9.98. The first-order valence-electron chi connectivity index (χ1n) is 8.04. The van der Waals surface area contributed by atoms with Crippen LogP contribution in [-0.4, -0.2) is 39.0 Å². The summed E-state index contributed by atoms with van der Waals surface area (Å²) < 4.78 is 5.07. The Balaban J connectivity index is 1.58. The van der Waals surface area contributed by atoms with Gasteiger partial charge in [-0.1, -0.05) is 5.16 Å². The van der Waals surface area contributed by atoms with E-state index in [1.165, 1.54) is 9.88 Å². The molecule has 1 aliphatic rings. The fourth-order valence-corrected chi connectivity index (χ4v) is 3.94. The van der Waals surface area contributed by atoms with Gasteiger partial charge in [-0.2, -0.15) is 4.98 Å². The third-order valence-electron chi connectivity index (χ3n) is 4.29. The number of amides is 1. The molecule has 23 heavy (non-hydrogen) atoms. The number of carbonyl (C=O) groups excluding carboxylic acids is 1. The van der Waals surface area contributed by atoms with E-state index in [0.717, 1.165) is 31.6 Å². The summed E-state index contributed by atoms with van der Waals surface area (Å²) in [7, 11) is 0. The van der Waals surface area contributed by atoms with Gasteiger partial charge in [0.1, 0.15) is 0 Å². The lowest BCUT2D eigenvalue weighted by molar-refractivity contribution is -0.132. The van der Waals surface area contributed by atoms with E-state index in [4.69, 9.17) is 4.52 Å². The SMILES string of the molecule is Cc1noc(CCC(=O)N2CCC[C@@H](c3nc(C)c(C)s3)C2)n1. The van der Waals surface area contributed by atoms with Gasteiger partial charge in [0.2, 0.25) is 11.8 Å². The molecule has 0 radical (unpaired) electrons. The summed E-state index contributed by atoms with van der Waals surface area (Å²) in [5, 5.41) is 4.92. The minimum atomic E-state index is 0.163. The number of thiazole rings is 1. The van der Waals surface area contributed by atoms with Crippen LogP contribution < -0.4 is 0 Å². The molecule has 1 atom stereocenters. The van der Waals surface area contributed by atoms with Gasteiger partial charge in [0.15, 0.2) is 5.82 Å². The number of aryl methyl sites for hydroxylation is 4. The van der Waals surface area contributed by atoms with Gasteiger partial charge >= 0.3 is 0 Å². The normalized spacial score (nSPS) is 18.4. The van der Waals surface area contributed by atoms with E-state index < -0.39 is 0 Å². The molecule has 0 bridgehead atoms. The molecule has 124 valence electrons. The molecule has 1 fully saturated rings. The Morgan fingerprint density at radius 3 is 2.83 bits per heavy atom. The third-order valence-corrected chi connectivity index (χ3v) is 5.53. The molecule has 1 saturated heterocycles. The summed E-state index contributed by atoms with van der Waals surface area (Å²) in [4.78, 5) is 24.5. The van der Waals surface area contributed by atoms with Crippen LogP contribution in [0.5, 0.6) is 0 Å². The summed E-state index contributed by atoms with van der Waals surface area (Å²) in [6.45, 7) is 7.54. The summed E-state index contributed by atoms with van der Waals surface area (Å²) >= 11 is 1.77. The zero-order valence-corrected chi connectivity index (χ0v) is 14.7. The van der Waals surface area contributed by atoms with Crippen molar-refractivity contribution < 1.29 is 9.32 Å². The molecule has 0 N–H and O–H groups in total.